The van der Waals surface area contributed by atoms with E-state index in [0.717, 1.165) is 12.1 Å². The topological polar surface area (TPSA) is 81.4 Å². The van der Waals surface area contributed by atoms with Crippen LogP contribution in [-0.2, 0) is 11.2 Å². The molecule has 23 heavy (non-hydrogen) atoms. The predicted molar refractivity (Wildman–Crippen MR) is 84.5 cm³/mol. The Morgan fingerprint density at radius 1 is 1.48 bits per heavy atom. The Labute approximate surface area is 138 Å². The Morgan fingerprint density at radius 2 is 2.30 bits per heavy atom. The second-order valence-corrected chi connectivity index (χ2v) is 6.58. The maximum absolute atomic E-state index is 12.7. The fraction of sp³-hybridized carbons (Fsp3) is 0.600. The van der Waals surface area contributed by atoms with Crippen molar-refractivity contribution in [3.63, 3.8) is 0 Å². The molecule has 2 aromatic heterocycles. The van der Waals surface area contributed by atoms with Crippen LogP contribution in [0.2, 0.25) is 0 Å². The van der Waals surface area contributed by atoms with Gasteiger partial charge in [-0.1, -0.05) is 20.8 Å². The maximum atomic E-state index is 12.7. The van der Waals surface area contributed by atoms with E-state index >= 15 is 0 Å². The van der Waals surface area contributed by atoms with Gasteiger partial charge in [0.1, 0.15) is 4.88 Å². The third-order valence-corrected chi connectivity index (χ3v) is 4.61. The molecule has 124 valence electrons. The Balaban J connectivity index is 1.74. The number of ether oxygens (including phenoxy) is 1. The Morgan fingerprint density at radius 3 is 3.00 bits per heavy atom. The van der Waals surface area contributed by atoms with Gasteiger partial charge in [-0.15, -0.1) is 21.5 Å². The number of amides is 1. The molecule has 0 bridgehead atoms. The molecule has 2 aromatic rings. The lowest BCUT2D eigenvalue weighted by atomic mass is 10.2. The van der Waals surface area contributed by atoms with Crippen LogP contribution in [0.1, 0.15) is 59.9 Å². The first-order valence-electron chi connectivity index (χ1n) is 7.76. The molecule has 7 nitrogen and oxygen atoms in total. The van der Waals surface area contributed by atoms with Crippen LogP contribution in [0.5, 0.6) is 0 Å². The highest BCUT2D eigenvalue weighted by atomic mass is 32.1. The Kier molecular flexibility index (Phi) is 4.72. The van der Waals surface area contributed by atoms with E-state index in [9.17, 15) is 4.79 Å². The quantitative estimate of drug-likeness (QED) is 0.853. The largest absolute Gasteiger partial charge is 0.422 e. The van der Waals surface area contributed by atoms with Crippen molar-refractivity contribution in [2.24, 2.45) is 0 Å². The molecule has 1 aliphatic rings. The molecule has 1 fully saturated rings. The summed E-state index contributed by atoms with van der Waals surface area (Å²) in [6.45, 7) is 7.41. The summed E-state index contributed by atoms with van der Waals surface area (Å²) in [5, 5.41) is 8.09. The summed E-state index contributed by atoms with van der Waals surface area (Å²) in [4.78, 5) is 19.4. The summed E-state index contributed by atoms with van der Waals surface area (Å²) in [6, 6.07) is 0. The molecular formula is C15H20N4O3S. The van der Waals surface area contributed by atoms with Gasteiger partial charge in [0, 0.05) is 12.5 Å². The molecule has 0 aromatic carbocycles. The van der Waals surface area contributed by atoms with Crippen LogP contribution in [0.3, 0.4) is 0 Å². The lowest BCUT2D eigenvalue weighted by Crippen LogP contribution is -2.42. The number of aromatic nitrogens is 3. The Bertz CT molecular complexity index is 682. The fourth-order valence-corrected chi connectivity index (χ4v) is 3.28. The minimum atomic E-state index is -0.370. The first kappa shape index (κ1) is 16.1. The number of hydrogen-bond acceptors (Lipinski definition) is 7. The van der Waals surface area contributed by atoms with Crippen molar-refractivity contribution in [2.45, 2.75) is 39.2 Å². The van der Waals surface area contributed by atoms with E-state index in [1.807, 2.05) is 20.8 Å². The van der Waals surface area contributed by atoms with Gasteiger partial charge in [-0.3, -0.25) is 4.79 Å². The summed E-state index contributed by atoms with van der Waals surface area (Å²) >= 11 is 1.39. The van der Waals surface area contributed by atoms with Crippen LogP contribution in [0.4, 0.5) is 0 Å². The first-order chi connectivity index (χ1) is 11.1. The van der Waals surface area contributed by atoms with Gasteiger partial charge in [0.2, 0.25) is 11.8 Å². The highest BCUT2D eigenvalue weighted by molar-refractivity contribution is 7.11. The van der Waals surface area contributed by atoms with Crippen LogP contribution < -0.4 is 0 Å². The summed E-state index contributed by atoms with van der Waals surface area (Å²) in [5.41, 5.74) is 2.57. The van der Waals surface area contributed by atoms with Gasteiger partial charge in [0.15, 0.2) is 6.10 Å². The Hall–Kier alpha value is -1.80. The minimum absolute atomic E-state index is 0.00116. The lowest BCUT2D eigenvalue weighted by Gasteiger charge is -2.31. The van der Waals surface area contributed by atoms with Crippen LogP contribution in [-0.4, -0.2) is 45.7 Å². The standard InChI is InChI=1S/C15H20N4O3S/c1-4-10-12(23-8-16-10)15(20)19-5-6-21-11(7-19)14-18-17-13(22-14)9(2)3/h8-9,11H,4-7H2,1-3H3. The molecule has 3 rings (SSSR count). The first-order valence-corrected chi connectivity index (χ1v) is 8.64. The molecule has 1 saturated heterocycles. The average Bonchev–Trinajstić information content (AvgIpc) is 3.23. The number of thiazole rings is 1. The fourth-order valence-electron chi connectivity index (χ4n) is 2.43. The molecule has 1 unspecified atom stereocenters. The average molecular weight is 336 g/mol. The second-order valence-electron chi connectivity index (χ2n) is 5.73. The molecule has 0 saturated carbocycles. The number of morpholine rings is 1. The van der Waals surface area contributed by atoms with Gasteiger partial charge in [-0.25, -0.2) is 4.98 Å². The highest BCUT2D eigenvalue weighted by Gasteiger charge is 2.31. The van der Waals surface area contributed by atoms with E-state index in [1.165, 1.54) is 11.3 Å². The van der Waals surface area contributed by atoms with E-state index in [0.29, 0.717) is 36.4 Å². The van der Waals surface area contributed by atoms with Gasteiger partial charge < -0.3 is 14.1 Å². The normalized spacial score (nSPS) is 18.6. The summed E-state index contributed by atoms with van der Waals surface area (Å²) < 4.78 is 11.4. The van der Waals surface area contributed by atoms with Gasteiger partial charge in [0.05, 0.1) is 24.4 Å². The van der Waals surface area contributed by atoms with Crippen LogP contribution >= 0.6 is 11.3 Å². The van der Waals surface area contributed by atoms with Crippen molar-refractivity contribution < 1.29 is 13.9 Å². The van der Waals surface area contributed by atoms with Crippen molar-refractivity contribution in [2.75, 3.05) is 19.7 Å². The van der Waals surface area contributed by atoms with E-state index in [1.54, 1.807) is 10.4 Å². The zero-order chi connectivity index (χ0) is 16.4. The van der Waals surface area contributed by atoms with E-state index < -0.39 is 0 Å². The van der Waals surface area contributed by atoms with Gasteiger partial charge in [-0.05, 0) is 6.42 Å². The molecule has 0 aliphatic carbocycles. The maximum Gasteiger partial charge on any atom is 0.266 e. The molecular weight excluding hydrogens is 316 g/mol. The molecule has 3 heterocycles. The molecule has 0 N–H and O–H groups in total. The number of rotatable bonds is 4. The number of nitrogens with zero attached hydrogens (tertiary/aromatic N) is 4. The molecule has 8 heteroatoms. The third-order valence-electron chi connectivity index (χ3n) is 3.75. The molecule has 0 radical (unpaired) electrons. The lowest BCUT2D eigenvalue weighted by molar-refractivity contribution is -0.0350. The van der Waals surface area contributed by atoms with Crippen molar-refractivity contribution in [1.29, 1.82) is 0 Å². The molecule has 1 amide bonds. The van der Waals surface area contributed by atoms with Crippen molar-refractivity contribution in [1.82, 2.24) is 20.1 Å². The molecule has 1 aliphatic heterocycles. The summed E-state index contributed by atoms with van der Waals surface area (Å²) in [5.74, 6) is 1.19. The minimum Gasteiger partial charge on any atom is -0.422 e. The van der Waals surface area contributed by atoms with Crippen molar-refractivity contribution in [3.8, 4) is 0 Å². The zero-order valence-corrected chi connectivity index (χ0v) is 14.3. The van der Waals surface area contributed by atoms with Crippen LogP contribution in [0.15, 0.2) is 9.93 Å². The highest BCUT2D eigenvalue weighted by Crippen LogP contribution is 2.25. The van der Waals surface area contributed by atoms with Gasteiger partial charge in [0.25, 0.3) is 5.91 Å². The number of aryl methyl sites for hydroxylation is 1. The zero-order valence-electron chi connectivity index (χ0n) is 13.5. The van der Waals surface area contributed by atoms with Crippen molar-refractivity contribution >= 4 is 17.2 Å². The summed E-state index contributed by atoms with van der Waals surface area (Å²) in [7, 11) is 0. The SMILES string of the molecule is CCc1ncsc1C(=O)N1CCOC(c2nnc(C(C)C)o2)C1. The smallest absolute Gasteiger partial charge is 0.266 e. The van der Waals surface area contributed by atoms with E-state index in [4.69, 9.17) is 9.15 Å². The van der Waals surface area contributed by atoms with E-state index in [-0.39, 0.29) is 17.9 Å². The van der Waals surface area contributed by atoms with Gasteiger partial charge in [-0.2, -0.15) is 0 Å². The number of carbonyl (C=O) groups is 1. The monoisotopic (exact) mass is 336 g/mol. The third kappa shape index (κ3) is 3.28. The summed E-state index contributed by atoms with van der Waals surface area (Å²) in [6.07, 6.45) is 0.380. The number of hydrogen-bond donors (Lipinski definition) is 0. The molecule has 1 atom stereocenters. The van der Waals surface area contributed by atoms with E-state index in [2.05, 4.69) is 15.2 Å². The van der Waals surface area contributed by atoms with Crippen molar-refractivity contribution in [3.05, 3.63) is 27.9 Å². The van der Waals surface area contributed by atoms with Crippen LogP contribution in [0, 0.1) is 0 Å². The number of carbonyl (C=O) groups excluding carboxylic acids is 1. The molecule has 0 spiro atoms. The second kappa shape index (κ2) is 6.76. The van der Waals surface area contributed by atoms with Gasteiger partial charge >= 0.3 is 0 Å². The van der Waals surface area contributed by atoms with Crippen LogP contribution in [0.25, 0.3) is 0 Å². The predicted octanol–water partition coefficient (Wildman–Crippen LogP) is 2.43.